The zero-order chi connectivity index (χ0) is 39.1. The first-order valence-electron chi connectivity index (χ1n) is 20.3. The Labute approximate surface area is 341 Å². The van der Waals surface area contributed by atoms with Gasteiger partial charge in [0.05, 0.1) is 11.5 Å². The molecule has 1 aliphatic heterocycles. The quantitative estimate of drug-likeness (QED) is 0.0954. The fourth-order valence-electron chi connectivity index (χ4n) is 9.43. The van der Waals surface area contributed by atoms with Crippen LogP contribution in [0.4, 0.5) is 5.69 Å². The predicted octanol–water partition coefficient (Wildman–Crippen LogP) is 13.9. The van der Waals surface area contributed by atoms with Crippen molar-refractivity contribution in [3.63, 3.8) is 0 Å². The molecule has 3 heteroatoms. The van der Waals surface area contributed by atoms with Gasteiger partial charge in [-0.25, -0.2) is 0 Å². The topological polar surface area (TPSA) is 33.6 Å². The Kier molecular flexibility index (Phi) is 9.07. The maximum absolute atomic E-state index is 6.87. The second-order valence-electron chi connectivity index (χ2n) is 15.5. The minimum atomic E-state index is -0.398. The maximum atomic E-state index is 6.87. The summed E-state index contributed by atoms with van der Waals surface area (Å²) in [6.07, 6.45) is 9.98. The summed E-state index contributed by atoms with van der Waals surface area (Å²) in [5, 5.41) is 3.80. The molecule has 1 spiro atoms. The van der Waals surface area contributed by atoms with Crippen molar-refractivity contribution in [2.45, 2.75) is 30.7 Å². The number of ether oxygens (including phenoxy) is 1. The average Bonchev–Trinajstić information content (AvgIpc) is 3.58. The molecule has 2 aliphatic carbocycles. The van der Waals surface area contributed by atoms with Crippen LogP contribution in [0.5, 0.6) is 11.5 Å². The first kappa shape index (κ1) is 35.4. The van der Waals surface area contributed by atoms with Crippen LogP contribution in [0, 0.1) is 5.92 Å². The van der Waals surface area contributed by atoms with Crippen LogP contribution >= 0.6 is 0 Å². The lowest BCUT2D eigenvalue weighted by molar-refractivity contribution is 0.374. The van der Waals surface area contributed by atoms with Crippen LogP contribution in [0.3, 0.4) is 0 Å². The molecule has 280 valence electrons. The number of allylic oxidation sites excluding steroid dienone is 4. The molecule has 0 saturated heterocycles. The molecule has 7 aromatic carbocycles. The van der Waals surface area contributed by atoms with Gasteiger partial charge < -0.3 is 10.1 Å². The zero-order valence-corrected chi connectivity index (χ0v) is 32.6. The molecular weight excluding hydrogens is 705 g/mol. The summed E-state index contributed by atoms with van der Waals surface area (Å²) in [4.78, 5) is 5.54. The first-order chi connectivity index (χ1) is 28.6. The monoisotopic (exact) mass is 748 g/mol. The summed E-state index contributed by atoms with van der Waals surface area (Å²) in [7, 11) is 0. The van der Waals surface area contributed by atoms with Crippen LogP contribution < -0.4 is 10.1 Å². The summed E-state index contributed by atoms with van der Waals surface area (Å²) >= 11 is 0. The molecule has 4 atom stereocenters. The van der Waals surface area contributed by atoms with Gasteiger partial charge in [-0.05, 0) is 63.1 Å². The molecule has 3 aliphatic rings. The van der Waals surface area contributed by atoms with Gasteiger partial charge in [0.2, 0.25) is 0 Å². The van der Waals surface area contributed by atoms with Crippen molar-refractivity contribution >= 4 is 11.5 Å². The van der Waals surface area contributed by atoms with E-state index in [1.807, 2.05) is 0 Å². The van der Waals surface area contributed by atoms with E-state index in [1.54, 1.807) is 0 Å². The third-order valence-electron chi connectivity index (χ3n) is 12.3. The smallest absolute Gasteiger partial charge is 0.133 e. The van der Waals surface area contributed by atoms with Crippen LogP contribution in [-0.2, 0) is 5.41 Å². The number of nitrogens with one attached hydrogen (secondary N) is 1. The Morgan fingerprint density at radius 2 is 1.21 bits per heavy atom. The maximum Gasteiger partial charge on any atom is 0.133 e. The molecule has 0 bridgehead atoms. The standard InChI is InChI=1S/C55H44N2O/c1-3-37(2)53(42-30-26-40(27-31-42)38-16-6-4-7-17-38)57-54(43-32-28-41(29-33-43)39-18-8-5-9-19-39)56-44-34-35-50-52(36-44)58-51-25-15-14-24-49(51)55(50)47-22-12-10-20-45(47)46-21-11-13-23-48(46)55/h4-36,45,47,53H,2-3H2,1H3,(H,56,57). The summed E-state index contributed by atoms with van der Waals surface area (Å²) < 4.78 is 6.87. The Hall–Kier alpha value is -6.97. The van der Waals surface area contributed by atoms with E-state index >= 15 is 0 Å². The number of anilines is 1. The average molecular weight is 749 g/mol. The minimum absolute atomic E-state index is 0.215. The van der Waals surface area contributed by atoms with Gasteiger partial charge in [-0.3, -0.25) is 4.99 Å². The van der Waals surface area contributed by atoms with E-state index in [0.29, 0.717) is 0 Å². The van der Waals surface area contributed by atoms with Gasteiger partial charge in [0, 0.05) is 40.3 Å². The summed E-state index contributed by atoms with van der Waals surface area (Å²) in [5.74, 6) is 3.01. The number of para-hydroxylation sites is 1. The molecule has 1 heterocycles. The van der Waals surface area contributed by atoms with Gasteiger partial charge in [0.25, 0.3) is 0 Å². The van der Waals surface area contributed by atoms with Crippen LogP contribution in [0.1, 0.15) is 58.7 Å². The lowest BCUT2D eigenvalue weighted by Crippen LogP contribution is -2.37. The van der Waals surface area contributed by atoms with Crippen LogP contribution in [0.15, 0.2) is 217 Å². The largest absolute Gasteiger partial charge is 0.457 e. The molecule has 7 aromatic rings. The van der Waals surface area contributed by atoms with Crippen molar-refractivity contribution in [2.75, 3.05) is 5.32 Å². The van der Waals surface area contributed by atoms with E-state index < -0.39 is 5.41 Å². The summed E-state index contributed by atoms with van der Waals surface area (Å²) in [6, 6.07) is 62.4. The van der Waals surface area contributed by atoms with Crippen LogP contribution in [0.25, 0.3) is 22.3 Å². The molecule has 0 fully saturated rings. The number of fused-ring (bicyclic) bond motifs is 9. The molecule has 0 aromatic heterocycles. The molecule has 0 amide bonds. The van der Waals surface area contributed by atoms with E-state index in [9.17, 15) is 0 Å². The Morgan fingerprint density at radius 1 is 0.621 bits per heavy atom. The molecule has 4 unspecified atom stereocenters. The lowest BCUT2D eigenvalue weighted by Gasteiger charge is -2.43. The molecule has 1 N–H and O–H groups in total. The van der Waals surface area contributed by atoms with Crippen molar-refractivity contribution in [3.8, 4) is 33.8 Å². The Balaban J connectivity index is 1.08. The van der Waals surface area contributed by atoms with Gasteiger partial charge in [-0.1, -0.05) is 196 Å². The van der Waals surface area contributed by atoms with Crippen molar-refractivity contribution in [2.24, 2.45) is 10.9 Å². The number of benzene rings is 7. The third kappa shape index (κ3) is 6.02. The molecule has 3 nitrogen and oxygen atoms in total. The van der Waals surface area contributed by atoms with Gasteiger partial charge in [-0.15, -0.1) is 0 Å². The highest BCUT2D eigenvalue weighted by Gasteiger charge is 2.56. The van der Waals surface area contributed by atoms with Crippen LogP contribution in [0.2, 0.25) is 0 Å². The second kappa shape index (κ2) is 14.8. The lowest BCUT2D eigenvalue weighted by atomic mass is 9.62. The highest BCUT2D eigenvalue weighted by atomic mass is 16.5. The van der Waals surface area contributed by atoms with Crippen molar-refractivity contribution in [3.05, 3.63) is 246 Å². The number of rotatable bonds is 8. The van der Waals surface area contributed by atoms with Gasteiger partial charge in [0.1, 0.15) is 17.3 Å². The van der Waals surface area contributed by atoms with E-state index in [4.69, 9.17) is 9.73 Å². The normalized spacial score (nSPS) is 19.0. The van der Waals surface area contributed by atoms with Gasteiger partial charge in [0.15, 0.2) is 0 Å². The van der Waals surface area contributed by atoms with E-state index in [1.165, 1.54) is 38.9 Å². The third-order valence-corrected chi connectivity index (χ3v) is 12.3. The van der Waals surface area contributed by atoms with Crippen molar-refractivity contribution in [1.82, 2.24) is 0 Å². The van der Waals surface area contributed by atoms with Gasteiger partial charge >= 0.3 is 0 Å². The summed E-state index contributed by atoms with van der Waals surface area (Å²) in [5.41, 5.74) is 13.5. The highest BCUT2D eigenvalue weighted by Crippen LogP contribution is 2.64. The second-order valence-corrected chi connectivity index (χ2v) is 15.5. The Morgan fingerprint density at radius 3 is 1.91 bits per heavy atom. The molecule has 58 heavy (non-hydrogen) atoms. The SMILES string of the molecule is C=C(CC)C(N=C(Nc1ccc2c(c1)Oc1ccccc1C21c2ccccc2C2C=CC=CC21)c1ccc(-c2ccccc2)cc1)c1ccc(-c2ccccc2)cc1. The first-order valence-corrected chi connectivity index (χ1v) is 20.3. The van der Waals surface area contributed by atoms with Crippen molar-refractivity contribution < 1.29 is 4.74 Å². The summed E-state index contributed by atoms with van der Waals surface area (Å²) in [6.45, 7) is 6.70. The highest BCUT2D eigenvalue weighted by molar-refractivity contribution is 6.09. The number of hydrogen-bond donors (Lipinski definition) is 1. The molecule has 0 radical (unpaired) electrons. The number of hydrogen-bond acceptors (Lipinski definition) is 2. The van der Waals surface area contributed by atoms with Gasteiger partial charge in [-0.2, -0.15) is 0 Å². The van der Waals surface area contributed by atoms with E-state index in [-0.39, 0.29) is 17.9 Å². The van der Waals surface area contributed by atoms with Crippen LogP contribution in [-0.4, -0.2) is 5.84 Å². The van der Waals surface area contributed by atoms with E-state index in [2.05, 4.69) is 219 Å². The predicted molar refractivity (Wildman–Crippen MR) is 240 cm³/mol. The number of nitrogens with zero attached hydrogens (tertiary/aromatic N) is 1. The number of aliphatic imine (C=N–C) groups is 1. The zero-order valence-electron chi connectivity index (χ0n) is 32.6. The fraction of sp³-hybridized carbons (Fsp3) is 0.109. The fourth-order valence-corrected chi connectivity index (χ4v) is 9.43. The van der Waals surface area contributed by atoms with E-state index in [0.717, 1.165) is 51.7 Å². The minimum Gasteiger partial charge on any atom is -0.457 e. The Bertz CT molecular complexity index is 2730. The molecule has 0 saturated carbocycles. The molecular formula is C55H44N2O. The number of amidine groups is 1. The molecule has 10 rings (SSSR count). The van der Waals surface area contributed by atoms with Crippen molar-refractivity contribution in [1.29, 1.82) is 0 Å².